The molecule has 1 saturated heterocycles. The van der Waals surface area contributed by atoms with E-state index in [0.29, 0.717) is 10.7 Å². The van der Waals surface area contributed by atoms with Gasteiger partial charge in [0.1, 0.15) is 10.8 Å². The molecule has 1 N–H and O–H groups in total. The highest BCUT2D eigenvalue weighted by atomic mass is 32.2. The second-order valence-corrected chi connectivity index (χ2v) is 8.78. The normalized spacial score (nSPS) is 16.2. The summed E-state index contributed by atoms with van der Waals surface area (Å²) in [5.41, 5.74) is 2.39. The molecule has 1 fully saturated rings. The Labute approximate surface area is 152 Å². The number of nitrogens with zero attached hydrogens (tertiary/aromatic N) is 1. The summed E-state index contributed by atoms with van der Waals surface area (Å²) in [7, 11) is -3.48. The molecule has 3 aromatic rings. The zero-order valence-corrected chi connectivity index (χ0v) is 15.4. The highest BCUT2D eigenvalue weighted by Gasteiger charge is 2.30. The number of aromatic nitrogens is 1. The molecule has 4 nitrogen and oxygen atoms in total. The molecule has 0 atom stereocenters. The third-order valence-electron chi connectivity index (χ3n) is 5.05. The van der Waals surface area contributed by atoms with Gasteiger partial charge in [-0.1, -0.05) is 18.2 Å². The van der Waals surface area contributed by atoms with Gasteiger partial charge in [-0.15, -0.1) is 0 Å². The molecule has 2 heterocycles. The van der Waals surface area contributed by atoms with Crippen LogP contribution < -0.4 is 5.32 Å². The van der Waals surface area contributed by atoms with Crippen LogP contribution in [0.5, 0.6) is 0 Å². The van der Waals surface area contributed by atoms with Crippen LogP contribution in [-0.2, 0) is 9.84 Å². The van der Waals surface area contributed by atoms with Gasteiger partial charge in [0.2, 0.25) is 0 Å². The predicted octanol–water partition coefficient (Wildman–Crippen LogP) is 3.64. The number of piperidine rings is 1. The van der Waals surface area contributed by atoms with Crippen molar-refractivity contribution in [1.82, 2.24) is 9.88 Å². The summed E-state index contributed by atoms with van der Waals surface area (Å²) in [6, 6.07) is 13.7. The summed E-state index contributed by atoms with van der Waals surface area (Å²) in [6.07, 6.45) is 3.06. The van der Waals surface area contributed by atoms with Gasteiger partial charge >= 0.3 is 0 Å². The van der Waals surface area contributed by atoms with E-state index in [-0.39, 0.29) is 11.7 Å². The minimum atomic E-state index is -3.48. The third kappa shape index (κ3) is 2.93. The molecule has 0 bridgehead atoms. The third-order valence-corrected chi connectivity index (χ3v) is 6.16. The van der Waals surface area contributed by atoms with E-state index < -0.39 is 9.84 Å². The number of nitrogens with one attached hydrogen (secondary N) is 1. The molecule has 1 aliphatic rings. The van der Waals surface area contributed by atoms with Crippen molar-refractivity contribution in [3.63, 3.8) is 0 Å². The minimum Gasteiger partial charge on any atom is -0.317 e. The summed E-state index contributed by atoms with van der Waals surface area (Å²) in [5.74, 6) is -0.155. The Hall–Kier alpha value is -2.18. The van der Waals surface area contributed by atoms with Crippen molar-refractivity contribution < 1.29 is 12.8 Å². The number of fused-ring (bicyclic) bond motifs is 1. The number of hydrogen-bond acceptors (Lipinski definition) is 3. The first kappa shape index (κ1) is 17.2. The fourth-order valence-electron chi connectivity index (χ4n) is 3.96. The Bertz CT molecular complexity index is 1050. The molecule has 6 heteroatoms. The molecular weight excluding hydrogens is 351 g/mol. The second-order valence-electron chi connectivity index (χ2n) is 6.84. The lowest BCUT2D eigenvalue weighted by atomic mass is 9.90. The molecular formula is C20H21FN2O2S. The molecule has 1 aromatic heterocycles. The van der Waals surface area contributed by atoms with E-state index in [9.17, 15) is 12.8 Å². The molecule has 0 amide bonds. The maximum atomic E-state index is 13.4. The average Bonchev–Trinajstić information content (AvgIpc) is 2.99. The topological polar surface area (TPSA) is 51.1 Å². The maximum absolute atomic E-state index is 13.4. The molecule has 2 aromatic carbocycles. The van der Waals surface area contributed by atoms with Crippen molar-refractivity contribution in [2.75, 3.05) is 19.3 Å². The van der Waals surface area contributed by atoms with Crippen molar-refractivity contribution >= 4 is 20.7 Å². The van der Waals surface area contributed by atoms with E-state index in [1.165, 1.54) is 18.4 Å². The molecule has 1 aliphatic heterocycles. The highest BCUT2D eigenvalue weighted by Crippen LogP contribution is 2.40. The Kier molecular flexibility index (Phi) is 4.32. The van der Waals surface area contributed by atoms with Gasteiger partial charge in [-0.3, -0.25) is 4.57 Å². The summed E-state index contributed by atoms with van der Waals surface area (Å²) in [6.45, 7) is 1.76. The van der Waals surface area contributed by atoms with Crippen LogP contribution >= 0.6 is 0 Å². The second kappa shape index (κ2) is 6.52. The molecule has 0 saturated carbocycles. The summed E-state index contributed by atoms with van der Waals surface area (Å²) >= 11 is 0. The first-order valence-electron chi connectivity index (χ1n) is 8.77. The van der Waals surface area contributed by atoms with Crippen LogP contribution in [0.2, 0.25) is 0 Å². The van der Waals surface area contributed by atoms with Crippen molar-refractivity contribution in [2.45, 2.75) is 23.8 Å². The van der Waals surface area contributed by atoms with Crippen LogP contribution in [-0.4, -0.2) is 32.3 Å². The number of sulfone groups is 1. The van der Waals surface area contributed by atoms with Crippen molar-refractivity contribution in [3.8, 4) is 5.69 Å². The molecule has 0 aliphatic carbocycles. The van der Waals surface area contributed by atoms with Gasteiger partial charge in [-0.05, 0) is 62.2 Å². The summed E-state index contributed by atoms with van der Waals surface area (Å²) in [4.78, 5) is 0. The number of para-hydroxylation sites is 1. The Balaban J connectivity index is 2.08. The van der Waals surface area contributed by atoms with Crippen LogP contribution in [0.1, 0.15) is 24.3 Å². The fourth-order valence-corrected chi connectivity index (χ4v) is 5.17. The lowest BCUT2D eigenvalue weighted by Crippen LogP contribution is -2.27. The predicted molar refractivity (Wildman–Crippen MR) is 101 cm³/mol. The molecule has 4 rings (SSSR count). The largest absolute Gasteiger partial charge is 0.317 e. The van der Waals surface area contributed by atoms with E-state index in [0.717, 1.165) is 42.4 Å². The van der Waals surface area contributed by atoms with Crippen molar-refractivity contribution in [3.05, 3.63) is 59.9 Å². The number of hydrogen-bond donors (Lipinski definition) is 1. The highest BCUT2D eigenvalue weighted by molar-refractivity contribution is 7.90. The zero-order chi connectivity index (χ0) is 18.3. The van der Waals surface area contributed by atoms with Gasteiger partial charge in [0.25, 0.3) is 0 Å². The molecule has 0 unspecified atom stereocenters. The lowest BCUT2D eigenvalue weighted by Gasteiger charge is -2.23. The average molecular weight is 372 g/mol. The van der Waals surface area contributed by atoms with Gasteiger partial charge in [0, 0.05) is 22.9 Å². The Morgan fingerprint density at radius 3 is 2.35 bits per heavy atom. The maximum Gasteiger partial charge on any atom is 0.191 e. The molecule has 26 heavy (non-hydrogen) atoms. The Morgan fingerprint density at radius 2 is 1.69 bits per heavy atom. The standard InChI is InChI=1S/C20H21FN2O2S/c1-26(24,25)20-19(14-10-12-22-13-11-14)17-4-2-3-5-18(17)23(20)16-8-6-15(21)7-9-16/h2-9,14,22H,10-13H2,1H3. The zero-order valence-electron chi connectivity index (χ0n) is 14.6. The minimum absolute atomic E-state index is 0.188. The summed E-state index contributed by atoms with van der Waals surface area (Å²) in [5, 5.41) is 4.63. The van der Waals surface area contributed by atoms with Crippen LogP contribution in [0.25, 0.3) is 16.6 Å². The molecule has 0 spiro atoms. The Morgan fingerprint density at radius 1 is 1.04 bits per heavy atom. The van der Waals surface area contributed by atoms with Crippen LogP contribution in [0.15, 0.2) is 53.6 Å². The number of rotatable bonds is 3. The van der Waals surface area contributed by atoms with Crippen LogP contribution in [0.3, 0.4) is 0 Å². The van der Waals surface area contributed by atoms with Crippen LogP contribution in [0, 0.1) is 5.82 Å². The monoisotopic (exact) mass is 372 g/mol. The summed E-state index contributed by atoms with van der Waals surface area (Å²) < 4.78 is 40.8. The SMILES string of the molecule is CS(=O)(=O)c1c(C2CCNCC2)c2ccccc2n1-c1ccc(F)cc1. The van der Waals surface area contributed by atoms with E-state index >= 15 is 0 Å². The van der Waals surface area contributed by atoms with Crippen LogP contribution in [0.4, 0.5) is 4.39 Å². The smallest absolute Gasteiger partial charge is 0.191 e. The fraction of sp³-hybridized carbons (Fsp3) is 0.300. The van der Waals surface area contributed by atoms with Crippen molar-refractivity contribution in [2.24, 2.45) is 0 Å². The van der Waals surface area contributed by atoms with Crippen molar-refractivity contribution in [1.29, 1.82) is 0 Å². The van der Waals surface area contributed by atoms with E-state index in [1.807, 2.05) is 24.3 Å². The number of halogens is 1. The van der Waals surface area contributed by atoms with Gasteiger partial charge in [0.05, 0.1) is 5.52 Å². The van der Waals surface area contributed by atoms with Gasteiger partial charge in [-0.2, -0.15) is 0 Å². The van der Waals surface area contributed by atoms with Gasteiger partial charge in [-0.25, -0.2) is 12.8 Å². The van der Waals surface area contributed by atoms with Gasteiger partial charge in [0.15, 0.2) is 9.84 Å². The van der Waals surface area contributed by atoms with Gasteiger partial charge < -0.3 is 5.32 Å². The van der Waals surface area contributed by atoms with E-state index in [4.69, 9.17) is 0 Å². The molecule has 136 valence electrons. The van der Waals surface area contributed by atoms with E-state index in [1.54, 1.807) is 16.7 Å². The van der Waals surface area contributed by atoms with E-state index in [2.05, 4.69) is 5.32 Å². The lowest BCUT2D eigenvalue weighted by molar-refractivity contribution is 0.455. The first-order chi connectivity index (χ1) is 12.5. The quantitative estimate of drug-likeness (QED) is 0.764. The molecule has 0 radical (unpaired) electrons. The first-order valence-corrected chi connectivity index (χ1v) is 10.7. The number of benzene rings is 2.